The summed E-state index contributed by atoms with van der Waals surface area (Å²) in [5.74, 6) is 0.612. The molecule has 2 aromatic rings. The van der Waals surface area contributed by atoms with E-state index in [9.17, 15) is 0 Å². The first kappa shape index (κ1) is 22.6. The first-order valence-corrected chi connectivity index (χ1v) is 10.9. The van der Waals surface area contributed by atoms with Gasteiger partial charge in [0, 0.05) is 64.5 Å². The second-order valence-electron chi connectivity index (χ2n) is 7.66. The molecule has 1 aromatic carbocycles. The van der Waals surface area contributed by atoms with E-state index in [1.165, 1.54) is 0 Å². The van der Waals surface area contributed by atoms with Crippen molar-refractivity contribution in [3.05, 3.63) is 64.0 Å². The van der Waals surface area contributed by atoms with Gasteiger partial charge in [0.05, 0.1) is 12.2 Å². The van der Waals surface area contributed by atoms with E-state index in [1.807, 2.05) is 12.3 Å². The number of hydrogen-bond acceptors (Lipinski definition) is 5. The number of benzene rings is 1. The molecule has 0 unspecified atom stereocenters. The summed E-state index contributed by atoms with van der Waals surface area (Å²) in [6, 6.07) is 8.19. The zero-order chi connectivity index (χ0) is 21.5. The summed E-state index contributed by atoms with van der Waals surface area (Å²) in [7, 11) is 0. The van der Waals surface area contributed by atoms with E-state index in [2.05, 4.69) is 23.7 Å². The van der Waals surface area contributed by atoms with Crippen LogP contribution in [0.2, 0.25) is 10.0 Å². The number of pyridine rings is 1. The van der Waals surface area contributed by atoms with Gasteiger partial charge in [-0.05, 0) is 44.9 Å². The maximum absolute atomic E-state index is 6.22. The first-order chi connectivity index (χ1) is 14.5. The molecule has 0 radical (unpaired) electrons. The van der Waals surface area contributed by atoms with Gasteiger partial charge in [-0.15, -0.1) is 0 Å². The molecule has 1 fully saturated rings. The molecule has 0 bridgehead atoms. The summed E-state index contributed by atoms with van der Waals surface area (Å²) in [5.41, 5.74) is 8.28. The van der Waals surface area contributed by atoms with E-state index < -0.39 is 0 Å². The molecular weight excluding hydrogens is 419 g/mol. The minimum absolute atomic E-state index is 0.258. The van der Waals surface area contributed by atoms with Crippen LogP contribution in [0.15, 0.2) is 47.9 Å². The quantitative estimate of drug-likeness (QED) is 0.592. The second-order valence-corrected chi connectivity index (χ2v) is 8.47. The molecule has 1 saturated heterocycles. The van der Waals surface area contributed by atoms with Gasteiger partial charge in [-0.2, -0.15) is 0 Å². The number of rotatable bonds is 7. The highest BCUT2D eigenvalue weighted by atomic mass is 35.5. The number of piperidine rings is 1. The topological polar surface area (TPSA) is 63.7 Å². The van der Waals surface area contributed by atoms with Crippen molar-refractivity contribution in [2.45, 2.75) is 45.4 Å². The molecule has 0 aliphatic carbocycles. The van der Waals surface area contributed by atoms with Crippen molar-refractivity contribution in [3.63, 3.8) is 0 Å². The number of nitrogens with zero attached hydrogens (tertiary/aromatic N) is 3. The van der Waals surface area contributed by atoms with Gasteiger partial charge >= 0.3 is 0 Å². The minimum Gasteiger partial charge on any atom is -0.487 e. The summed E-state index contributed by atoms with van der Waals surface area (Å²) in [5, 5.41) is 1.15. The van der Waals surface area contributed by atoms with Crippen molar-refractivity contribution in [2.75, 3.05) is 13.1 Å². The fraction of sp³-hybridized carbons (Fsp3) is 0.391. The zero-order valence-corrected chi connectivity index (χ0v) is 18.9. The van der Waals surface area contributed by atoms with E-state index in [0.717, 1.165) is 42.6 Å². The Morgan fingerprint density at radius 3 is 2.60 bits per heavy atom. The molecule has 3 rings (SSSR count). The summed E-state index contributed by atoms with van der Waals surface area (Å²) in [4.78, 5) is 11.5. The van der Waals surface area contributed by atoms with Crippen molar-refractivity contribution >= 4 is 35.0 Å². The van der Waals surface area contributed by atoms with Crippen molar-refractivity contribution in [3.8, 4) is 5.75 Å². The minimum atomic E-state index is 0.258. The number of aromatic nitrogens is 1. The monoisotopic (exact) mass is 446 g/mol. The Balaban J connectivity index is 1.63. The molecule has 1 aliphatic rings. The highest BCUT2D eigenvalue weighted by Gasteiger charge is 2.19. The van der Waals surface area contributed by atoms with E-state index in [0.29, 0.717) is 27.9 Å². The van der Waals surface area contributed by atoms with E-state index in [-0.39, 0.29) is 6.61 Å². The van der Waals surface area contributed by atoms with Crippen LogP contribution in [0.5, 0.6) is 5.75 Å². The smallest absolute Gasteiger partial charge is 0.138 e. The van der Waals surface area contributed by atoms with Crippen LogP contribution in [0.1, 0.15) is 37.8 Å². The van der Waals surface area contributed by atoms with E-state index >= 15 is 0 Å². The van der Waals surface area contributed by atoms with Crippen LogP contribution in [0, 0.1) is 0 Å². The number of hydrogen-bond donors (Lipinski definition) is 1. The van der Waals surface area contributed by atoms with Gasteiger partial charge in [0.15, 0.2) is 0 Å². The van der Waals surface area contributed by atoms with E-state index in [1.54, 1.807) is 36.8 Å². The summed E-state index contributed by atoms with van der Waals surface area (Å²) in [6.07, 6.45) is 8.93. The van der Waals surface area contributed by atoms with Gasteiger partial charge in [-0.3, -0.25) is 9.98 Å². The molecule has 30 heavy (non-hydrogen) atoms. The lowest BCUT2D eigenvalue weighted by Crippen LogP contribution is -2.39. The van der Waals surface area contributed by atoms with Crippen LogP contribution in [0.25, 0.3) is 5.57 Å². The second kappa shape index (κ2) is 10.8. The molecule has 0 saturated carbocycles. The molecule has 160 valence electrons. The Bertz CT molecular complexity index is 886. The average Bonchev–Trinajstić information content (AvgIpc) is 2.74. The van der Waals surface area contributed by atoms with Gasteiger partial charge in [0.1, 0.15) is 12.4 Å². The highest BCUT2D eigenvalue weighted by Crippen LogP contribution is 2.26. The van der Waals surface area contributed by atoms with Crippen LogP contribution >= 0.6 is 23.2 Å². The Hall–Kier alpha value is -2.08. The highest BCUT2D eigenvalue weighted by molar-refractivity contribution is 6.35. The standard InChI is InChI=1S/C23H28Cl2N4O/c1-16(2)29-8-6-19(7-9-29)28-13-18(11-26)17-10-20(14-27-12-17)30-15-21-22(24)4-3-5-23(21)25/h3-5,10-14,16,19H,6-9,15,26H2,1-2H3/b18-11+,28-13?. The largest absolute Gasteiger partial charge is 0.487 e. The van der Waals surface area contributed by atoms with Crippen LogP contribution in [-0.4, -0.2) is 41.3 Å². The normalized spacial score (nSPS) is 16.5. The van der Waals surface area contributed by atoms with Crippen LogP contribution in [0.4, 0.5) is 0 Å². The molecule has 7 heteroatoms. The van der Waals surface area contributed by atoms with Crippen molar-refractivity contribution in [2.24, 2.45) is 10.7 Å². The Labute approximate surface area is 188 Å². The third-order valence-corrected chi connectivity index (χ3v) is 6.03. The maximum atomic E-state index is 6.22. The van der Waals surface area contributed by atoms with Crippen LogP contribution in [-0.2, 0) is 6.61 Å². The molecule has 0 atom stereocenters. The van der Waals surface area contributed by atoms with Crippen molar-refractivity contribution < 1.29 is 4.74 Å². The van der Waals surface area contributed by atoms with Crippen molar-refractivity contribution in [1.82, 2.24) is 9.88 Å². The lowest BCUT2D eigenvalue weighted by Gasteiger charge is -2.33. The van der Waals surface area contributed by atoms with Crippen LogP contribution in [0.3, 0.4) is 0 Å². The Morgan fingerprint density at radius 1 is 1.27 bits per heavy atom. The predicted octanol–water partition coefficient (Wildman–Crippen LogP) is 5.21. The lowest BCUT2D eigenvalue weighted by atomic mass is 10.0. The molecule has 1 aromatic heterocycles. The molecule has 2 heterocycles. The third-order valence-electron chi connectivity index (χ3n) is 5.32. The zero-order valence-electron chi connectivity index (χ0n) is 17.4. The number of likely N-dealkylation sites (tertiary alicyclic amines) is 1. The number of aliphatic imine (C=N–C) groups is 1. The first-order valence-electron chi connectivity index (χ1n) is 10.2. The maximum Gasteiger partial charge on any atom is 0.138 e. The molecule has 0 spiro atoms. The molecule has 1 aliphatic heterocycles. The summed E-state index contributed by atoms with van der Waals surface area (Å²) >= 11 is 12.4. The predicted molar refractivity (Wildman–Crippen MR) is 125 cm³/mol. The number of nitrogens with two attached hydrogens (primary N) is 1. The van der Waals surface area contributed by atoms with Gasteiger partial charge < -0.3 is 15.4 Å². The van der Waals surface area contributed by atoms with Gasteiger partial charge in [0.2, 0.25) is 0 Å². The fourth-order valence-corrected chi connectivity index (χ4v) is 3.94. The average molecular weight is 447 g/mol. The molecular formula is C23H28Cl2N4O. The van der Waals surface area contributed by atoms with Gasteiger partial charge in [-0.1, -0.05) is 29.3 Å². The van der Waals surface area contributed by atoms with Gasteiger partial charge in [0.25, 0.3) is 0 Å². The summed E-state index contributed by atoms with van der Waals surface area (Å²) < 4.78 is 5.87. The summed E-state index contributed by atoms with van der Waals surface area (Å²) in [6.45, 7) is 6.89. The Morgan fingerprint density at radius 2 is 1.97 bits per heavy atom. The number of allylic oxidation sites excluding steroid dienone is 1. The number of halogens is 2. The van der Waals surface area contributed by atoms with E-state index in [4.69, 9.17) is 38.7 Å². The lowest BCUT2D eigenvalue weighted by molar-refractivity contribution is 0.173. The van der Waals surface area contributed by atoms with Gasteiger partial charge in [-0.25, -0.2) is 0 Å². The Kier molecular flexibility index (Phi) is 8.14. The SMILES string of the molecule is CC(C)N1CCC(N=C/C(=C\N)c2cncc(OCc3c(Cl)cccc3Cl)c2)CC1. The third kappa shape index (κ3) is 5.97. The van der Waals surface area contributed by atoms with Crippen LogP contribution < -0.4 is 10.5 Å². The molecule has 2 N–H and O–H groups in total. The van der Waals surface area contributed by atoms with Crippen molar-refractivity contribution in [1.29, 1.82) is 0 Å². The number of ether oxygens (including phenoxy) is 1. The molecule has 5 nitrogen and oxygen atoms in total. The fourth-order valence-electron chi connectivity index (χ4n) is 3.43. The molecule has 0 amide bonds.